The molecule has 0 saturated heterocycles. The van der Waals surface area contributed by atoms with Gasteiger partial charge in [0.05, 0.1) is 28.2 Å². The maximum atomic E-state index is 12.3. The zero-order valence-corrected chi connectivity index (χ0v) is 21.5. The van der Waals surface area contributed by atoms with E-state index in [-0.39, 0.29) is 17.8 Å². The molecule has 4 aromatic heterocycles. The minimum absolute atomic E-state index is 0.0835. The molecule has 0 aliphatic heterocycles. The Morgan fingerprint density at radius 1 is 1.08 bits per heavy atom. The van der Waals surface area contributed by atoms with E-state index >= 15 is 0 Å². The largest absolute Gasteiger partial charge is 0.481 e. The number of hydrogen-bond donors (Lipinski definition) is 2. The lowest BCUT2D eigenvalue weighted by Gasteiger charge is -2.46. The van der Waals surface area contributed by atoms with Crippen molar-refractivity contribution in [3.05, 3.63) is 59.6 Å². The molecule has 3 aliphatic carbocycles. The lowest BCUT2D eigenvalue weighted by Crippen LogP contribution is -2.45. The van der Waals surface area contributed by atoms with Gasteiger partial charge in [-0.1, -0.05) is 29.8 Å². The molecular weight excluding hydrogens is 506 g/mol. The molecule has 3 saturated carbocycles. The summed E-state index contributed by atoms with van der Waals surface area (Å²) in [5, 5.41) is 11.6. The van der Waals surface area contributed by atoms with E-state index in [0.29, 0.717) is 34.5 Å². The molecule has 0 spiro atoms. The lowest BCUT2D eigenvalue weighted by atomic mass is 9.57. The third-order valence-corrected chi connectivity index (χ3v) is 9.49. The molecule has 0 radical (unpaired) electrons. The number of aromatic nitrogens is 5. The molecule has 9 heteroatoms. The molecule has 7 nitrogen and oxygen atoms in total. The third kappa shape index (κ3) is 3.99. The van der Waals surface area contributed by atoms with Crippen molar-refractivity contribution in [3.63, 3.8) is 0 Å². The van der Waals surface area contributed by atoms with Crippen molar-refractivity contribution in [2.75, 3.05) is 0 Å². The highest BCUT2D eigenvalue weighted by atomic mass is 35.5. The van der Waals surface area contributed by atoms with Gasteiger partial charge in [-0.05, 0) is 73.4 Å². The lowest BCUT2D eigenvalue weighted by molar-refractivity contribution is -0.152. The topological polar surface area (TPSA) is 105 Å². The number of fused-ring (bicyclic) bond motifs is 5. The van der Waals surface area contributed by atoms with Crippen molar-refractivity contribution in [2.24, 2.45) is 23.7 Å². The third-order valence-electron chi connectivity index (χ3n) is 8.17. The van der Waals surface area contributed by atoms with Gasteiger partial charge in [-0.2, -0.15) is 0 Å². The van der Waals surface area contributed by atoms with Gasteiger partial charge in [-0.25, -0.2) is 19.9 Å². The predicted octanol–water partition coefficient (Wildman–Crippen LogP) is 6.63. The molecule has 0 unspecified atom stereocenters. The minimum Gasteiger partial charge on any atom is -0.481 e. The predicted molar refractivity (Wildman–Crippen MR) is 145 cm³/mol. The number of aromatic amines is 1. The van der Waals surface area contributed by atoms with Crippen molar-refractivity contribution >= 4 is 50.2 Å². The zero-order valence-electron chi connectivity index (χ0n) is 19.9. The van der Waals surface area contributed by atoms with Crippen LogP contribution in [0.2, 0.25) is 5.15 Å². The highest BCUT2D eigenvalue weighted by molar-refractivity contribution is 7.22. The maximum Gasteiger partial charge on any atom is 0.307 e. The molecule has 2 N–H and O–H groups in total. The summed E-state index contributed by atoms with van der Waals surface area (Å²) in [5.41, 5.74) is 3.66. The van der Waals surface area contributed by atoms with Gasteiger partial charge in [0.2, 0.25) is 0 Å². The first-order chi connectivity index (χ1) is 18.0. The molecule has 1 aromatic carbocycles. The van der Waals surface area contributed by atoms with Crippen LogP contribution in [-0.4, -0.2) is 36.0 Å². The molecule has 3 aliphatic rings. The first kappa shape index (κ1) is 22.8. The number of aliphatic carboxylic acids is 1. The fourth-order valence-corrected chi connectivity index (χ4v) is 7.65. The van der Waals surface area contributed by atoms with E-state index in [4.69, 9.17) is 21.6 Å². The van der Waals surface area contributed by atoms with E-state index in [0.717, 1.165) is 47.5 Å². The molecule has 37 heavy (non-hydrogen) atoms. The first-order valence-electron chi connectivity index (χ1n) is 12.6. The van der Waals surface area contributed by atoms with Gasteiger partial charge in [0.15, 0.2) is 11.5 Å². The number of nitrogens with one attached hydrogen (secondary N) is 1. The Kier molecular flexibility index (Phi) is 5.48. The van der Waals surface area contributed by atoms with Crippen LogP contribution in [0.3, 0.4) is 0 Å². The van der Waals surface area contributed by atoms with E-state index in [1.54, 1.807) is 11.3 Å². The number of hydrogen-bond acceptors (Lipinski definition) is 6. The van der Waals surface area contributed by atoms with Gasteiger partial charge < -0.3 is 10.1 Å². The number of rotatable bonds is 5. The molecular formula is C28H24ClN5O2S. The molecule has 4 heterocycles. The quantitative estimate of drug-likeness (QED) is 0.265. The first-order valence-corrected chi connectivity index (χ1v) is 13.8. The molecule has 3 fully saturated rings. The summed E-state index contributed by atoms with van der Waals surface area (Å²) in [6, 6.07) is 12.5. The summed E-state index contributed by atoms with van der Waals surface area (Å²) >= 11 is 7.86. The van der Waals surface area contributed by atoms with Crippen LogP contribution < -0.4 is 0 Å². The minimum atomic E-state index is -0.667. The van der Waals surface area contributed by atoms with Crippen molar-refractivity contribution in [1.29, 1.82) is 0 Å². The SMILES string of the molecule is O=C(O)[C@H]1C2CCC(CC2)[C@@H]1Cc1cc(-c2cc3ccccc3s2)nc(-c2c[nH]c3ncc(Cl)nc23)n1. The van der Waals surface area contributed by atoms with Gasteiger partial charge in [-0.3, -0.25) is 4.79 Å². The zero-order chi connectivity index (χ0) is 25.1. The highest BCUT2D eigenvalue weighted by Crippen LogP contribution is 2.50. The number of halogens is 1. The van der Waals surface area contributed by atoms with E-state index < -0.39 is 5.97 Å². The molecule has 2 bridgehead atoms. The molecule has 2 atom stereocenters. The van der Waals surface area contributed by atoms with Gasteiger partial charge in [0.1, 0.15) is 10.7 Å². The van der Waals surface area contributed by atoms with Crippen LogP contribution in [0.25, 0.3) is 43.2 Å². The van der Waals surface area contributed by atoms with Crippen molar-refractivity contribution < 1.29 is 9.90 Å². The normalized spacial score (nSPS) is 23.2. The summed E-state index contributed by atoms with van der Waals surface area (Å²) in [4.78, 5) is 35.3. The molecule has 0 amide bonds. The van der Waals surface area contributed by atoms with Crippen LogP contribution in [0.5, 0.6) is 0 Å². The Balaban J connectivity index is 1.36. The van der Waals surface area contributed by atoms with E-state index in [1.165, 1.54) is 16.3 Å². The van der Waals surface area contributed by atoms with Gasteiger partial charge in [-0.15, -0.1) is 11.3 Å². The van der Waals surface area contributed by atoms with Crippen LogP contribution in [0.15, 0.2) is 48.8 Å². The van der Waals surface area contributed by atoms with E-state index in [9.17, 15) is 9.90 Å². The molecule has 8 rings (SSSR count). The fraction of sp³-hybridized carbons (Fsp3) is 0.321. The van der Waals surface area contributed by atoms with Crippen molar-refractivity contribution in [3.8, 4) is 22.0 Å². The number of thiophene rings is 1. The van der Waals surface area contributed by atoms with Gasteiger partial charge in [0, 0.05) is 16.6 Å². The Labute approximate surface area is 222 Å². The fourth-order valence-electron chi connectivity index (χ4n) is 6.49. The highest BCUT2D eigenvalue weighted by Gasteiger charge is 2.47. The second-order valence-corrected chi connectivity index (χ2v) is 11.7. The second kappa shape index (κ2) is 8.89. The summed E-state index contributed by atoms with van der Waals surface area (Å²) in [7, 11) is 0. The summed E-state index contributed by atoms with van der Waals surface area (Å²) < 4.78 is 1.19. The van der Waals surface area contributed by atoms with Crippen LogP contribution in [0.1, 0.15) is 31.4 Å². The Bertz CT molecular complexity index is 1620. The molecule has 5 aromatic rings. The molecule has 186 valence electrons. The van der Waals surface area contributed by atoms with E-state index in [1.807, 2.05) is 24.4 Å². The van der Waals surface area contributed by atoms with Gasteiger partial charge >= 0.3 is 5.97 Å². The number of H-pyrrole nitrogens is 1. The number of nitrogens with zero attached hydrogens (tertiary/aromatic N) is 4. The number of carboxylic acid groups (broad SMARTS) is 1. The smallest absolute Gasteiger partial charge is 0.307 e. The van der Waals surface area contributed by atoms with Crippen LogP contribution in [-0.2, 0) is 11.2 Å². The number of benzene rings is 1. The van der Waals surface area contributed by atoms with Crippen LogP contribution in [0.4, 0.5) is 0 Å². The maximum absolute atomic E-state index is 12.3. The summed E-state index contributed by atoms with van der Waals surface area (Å²) in [6.07, 6.45) is 8.21. The van der Waals surface area contributed by atoms with Crippen LogP contribution in [0, 0.1) is 23.7 Å². The number of carbonyl (C=O) groups is 1. The Morgan fingerprint density at radius 2 is 1.89 bits per heavy atom. The van der Waals surface area contributed by atoms with Crippen LogP contribution >= 0.6 is 22.9 Å². The summed E-state index contributed by atoms with van der Waals surface area (Å²) in [5.74, 6) is 0.342. The van der Waals surface area contributed by atoms with Crippen molar-refractivity contribution in [2.45, 2.75) is 32.1 Å². The van der Waals surface area contributed by atoms with E-state index in [2.05, 4.69) is 33.2 Å². The average Bonchev–Trinajstić information content (AvgIpc) is 3.53. The van der Waals surface area contributed by atoms with Crippen molar-refractivity contribution in [1.82, 2.24) is 24.9 Å². The van der Waals surface area contributed by atoms with Gasteiger partial charge in [0.25, 0.3) is 0 Å². The monoisotopic (exact) mass is 529 g/mol. The Hall–Kier alpha value is -3.36. The standard InChI is InChI=1S/C28H24ClN5O2S/c29-23-13-31-27-25(34-23)19(12-30-27)26-32-17(10-18-14-5-7-15(8-6-14)24(18)28(35)36)11-20(33-26)22-9-16-3-1-2-4-21(16)37-22/h1-4,9,11-15,18,24H,5-8,10H2,(H,30,31)(H,35,36)/t14?,15?,18-,24-/m0/s1. The summed E-state index contributed by atoms with van der Waals surface area (Å²) in [6.45, 7) is 0. The number of carboxylic acids is 1. The second-order valence-electron chi connectivity index (χ2n) is 10.2. The Morgan fingerprint density at radius 3 is 2.70 bits per heavy atom. The average molecular weight is 530 g/mol.